The molecule has 2 heterocycles. The number of nitrogens with zero attached hydrogens (tertiary/aromatic N) is 1. The van der Waals surface area contributed by atoms with Crippen molar-refractivity contribution in [1.82, 2.24) is 15.2 Å². The van der Waals surface area contributed by atoms with Gasteiger partial charge in [0, 0.05) is 36.7 Å². The molecule has 33 heavy (non-hydrogen) atoms. The molecule has 4 rings (SSSR count). The van der Waals surface area contributed by atoms with Crippen molar-refractivity contribution in [3.8, 4) is 0 Å². The van der Waals surface area contributed by atoms with Crippen LogP contribution in [0, 0.1) is 0 Å². The zero-order valence-electron chi connectivity index (χ0n) is 17.7. The summed E-state index contributed by atoms with van der Waals surface area (Å²) in [5.41, 5.74) is 1.41. The van der Waals surface area contributed by atoms with Gasteiger partial charge in [0.2, 0.25) is 5.91 Å². The Morgan fingerprint density at radius 3 is 2.55 bits per heavy atom. The second-order valence-corrected chi connectivity index (χ2v) is 10.5. The first-order valence-corrected chi connectivity index (χ1v) is 12.4. The first-order chi connectivity index (χ1) is 15.6. The molecule has 1 atom stereocenters. The maximum atomic E-state index is 13.2. The molecule has 1 aromatic heterocycles. The van der Waals surface area contributed by atoms with Gasteiger partial charge in [0.25, 0.3) is 0 Å². The van der Waals surface area contributed by atoms with Crippen LogP contribution in [0.15, 0.2) is 54.7 Å². The Balaban J connectivity index is 1.53. The van der Waals surface area contributed by atoms with Crippen molar-refractivity contribution in [2.75, 3.05) is 24.6 Å². The third-order valence-electron chi connectivity index (χ3n) is 5.93. The number of halogens is 3. The maximum Gasteiger partial charge on any atom is 0.416 e. The molecule has 0 spiro atoms. The topological polar surface area (TPSA) is 82.3 Å². The van der Waals surface area contributed by atoms with Gasteiger partial charge in [0.05, 0.1) is 23.1 Å². The number of aromatic nitrogens is 1. The molecule has 0 saturated carbocycles. The molecule has 1 unspecified atom stereocenters. The first-order valence-electron chi connectivity index (χ1n) is 10.6. The zero-order chi connectivity index (χ0) is 23.6. The van der Waals surface area contributed by atoms with Crippen LogP contribution in [0.3, 0.4) is 0 Å². The van der Waals surface area contributed by atoms with E-state index in [4.69, 9.17) is 0 Å². The van der Waals surface area contributed by atoms with Crippen LogP contribution in [0.4, 0.5) is 13.2 Å². The lowest BCUT2D eigenvalue weighted by Gasteiger charge is -2.33. The standard InChI is InChI=1S/C23H24F3N3O3S/c24-23(25,26)18-5-3-4-16(12-18)14-28-22(30)21(29-8-10-33(31,32)11-9-29)13-17-15-27-20-7-2-1-6-19(17)20/h1-7,12,15,21,27H,8-11,13-14H2,(H,28,30). The molecule has 0 radical (unpaired) electrons. The van der Waals surface area contributed by atoms with Crippen molar-refractivity contribution in [2.24, 2.45) is 0 Å². The van der Waals surface area contributed by atoms with Gasteiger partial charge < -0.3 is 10.3 Å². The number of fused-ring (bicyclic) bond motifs is 1. The summed E-state index contributed by atoms with van der Waals surface area (Å²) in [4.78, 5) is 18.2. The highest BCUT2D eigenvalue weighted by molar-refractivity contribution is 7.91. The number of aromatic amines is 1. The van der Waals surface area contributed by atoms with Gasteiger partial charge in [-0.2, -0.15) is 13.2 Å². The number of hydrogen-bond acceptors (Lipinski definition) is 4. The second kappa shape index (κ2) is 9.18. The number of nitrogens with one attached hydrogen (secondary N) is 2. The lowest BCUT2D eigenvalue weighted by Crippen LogP contribution is -2.53. The summed E-state index contributed by atoms with van der Waals surface area (Å²) < 4.78 is 62.7. The van der Waals surface area contributed by atoms with Crippen LogP contribution in [0.1, 0.15) is 16.7 Å². The van der Waals surface area contributed by atoms with E-state index in [2.05, 4.69) is 10.3 Å². The summed E-state index contributed by atoms with van der Waals surface area (Å²) in [5, 5.41) is 3.72. The minimum atomic E-state index is -4.46. The fourth-order valence-corrected chi connectivity index (χ4v) is 5.33. The predicted octanol–water partition coefficient (Wildman–Crippen LogP) is 3.14. The van der Waals surface area contributed by atoms with E-state index in [0.29, 0.717) is 12.0 Å². The van der Waals surface area contributed by atoms with E-state index in [0.717, 1.165) is 28.6 Å². The van der Waals surface area contributed by atoms with Crippen LogP contribution in [0.25, 0.3) is 10.9 Å². The van der Waals surface area contributed by atoms with E-state index in [1.807, 2.05) is 35.4 Å². The van der Waals surface area contributed by atoms with Crippen LogP contribution < -0.4 is 5.32 Å². The molecule has 1 aliphatic heterocycles. The largest absolute Gasteiger partial charge is 0.416 e. The van der Waals surface area contributed by atoms with Crippen molar-refractivity contribution in [2.45, 2.75) is 25.2 Å². The first kappa shape index (κ1) is 23.3. The third kappa shape index (κ3) is 5.56. The molecule has 6 nitrogen and oxygen atoms in total. The molecule has 10 heteroatoms. The van der Waals surface area contributed by atoms with Gasteiger partial charge >= 0.3 is 6.18 Å². The smallest absolute Gasteiger partial charge is 0.361 e. The monoisotopic (exact) mass is 479 g/mol. The molecule has 3 aromatic rings. The van der Waals surface area contributed by atoms with Crippen LogP contribution in [0.2, 0.25) is 0 Å². The fourth-order valence-electron chi connectivity index (χ4n) is 4.10. The Morgan fingerprint density at radius 1 is 1.09 bits per heavy atom. The maximum absolute atomic E-state index is 13.2. The Kier molecular flexibility index (Phi) is 6.49. The average Bonchev–Trinajstić information content (AvgIpc) is 3.19. The fraction of sp³-hybridized carbons (Fsp3) is 0.348. The van der Waals surface area contributed by atoms with Gasteiger partial charge in [0.15, 0.2) is 9.84 Å². The SMILES string of the molecule is O=C(NCc1cccc(C(F)(F)F)c1)C(Cc1c[nH]c2ccccc12)N1CCS(=O)(=O)CC1. The summed E-state index contributed by atoms with van der Waals surface area (Å²) in [6.07, 6.45) is -2.28. The number of benzene rings is 2. The second-order valence-electron chi connectivity index (χ2n) is 8.18. The van der Waals surface area contributed by atoms with E-state index < -0.39 is 27.6 Å². The number of hydrogen-bond donors (Lipinski definition) is 2. The zero-order valence-corrected chi connectivity index (χ0v) is 18.5. The lowest BCUT2D eigenvalue weighted by atomic mass is 10.0. The van der Waals surface area contributed by atoms with Crippen molar-refractivity contribution in [1.29, 1.82) is 0 Å². The van der Waals surface area contributed by atoms with Gasteiger partial charge in [-0.1, -0.05) is 30.3 Å². The molecule has 1 aliphatic rings. The quantitative estimate of drug-likeness (QED) is 0.569. The molecule has 1 saturated heterocycles. The van der Waals surface area contributed by atoms with E-state index in [1.54, 1.807) is 0 Å². The van der Waals surface area contributed by atoms with Gasteiger partial charge in [-0.3, -0.25) is 9.69 Å². The molecule has 176 valence electrons. The van der Waals surface area contributed by atoms with Crippen LogP contribution in [-0.2, 0) is 33.8 Å². The van der Waals surface area contributed by atoms with E-state index >= 15 is 0 Å². The summed E-state index contributed by atoms with van der Waals surface area (Å²) in [6, 6.07) is 11.9. The number of carbonyl (C=O) groups is 1. The van der Waals surface area contributed by atoms with Gasteiger partial charge in [-0.25, -0.2) is 8.42 Å². The van der Waals surface area contributed by atoms with Crippen LogP contribution >= 0.6 is 0 Å². The van der Waals surface area contributed by atoms with Gasteiger partial charge in [-0.05, 0) is 35.7 Å². The average molecular weight is 480 g/mol. The molecule has 1 fully saturated rings. The van der Waals surface area contributed by atoms with Gasteiger partial charge in [0.1, 0.15) is 0 Å². The number of rotatable bonds is 6. The number of H-pyrrole nitrogens is 1. The molecule has 2 aromatic carbocycles. The van der Waals surface area contributed by atoms with Crippen LogP contribution in [-0.4, -0.2) is 54.8 Å². The third-order valence-corrected chi connectivity index (χ3v) is 7.54. The lowest BCUT2D eigenvalue weighted by molar-refractivity contribution is -0.137. The molecular weight excluding hydrogens is 455 g/mol. The van der Waals surface area contributed by atoms with Crippen molar-refractivity contribution in [3.05, 3.63) is 71.4 Å². The summed E-state index contributed by atoms with van der Waals surface area (Å²) in [6.45, 7) is 0.401. The number of amides is 1. The van der Waals surface area contributed by atoms with Crippen molar-refractivity contribution in [3.63, 3.8) is 0 Å². The number of carbonyl (C=O) groups excluding carboxylic acids is 1. The predicted molar refractivity (Wildman–Crippen MR) is 119 cm³/mol. The summed E-state index contributed by atoms with van der Waals surface area (Å²) in [5.74, 6) is -0.409. The van der Waals surface area contributed by atoms with Crippen molar-refractivity contribution < 1.29 is 26.4 Å². The number of para-hydroxylation sites is 1. The number of alkyl halides is 3. The highest BCUT2D eigenvalue weighted by Crippen LogP contribution is 2.29. The minimum absolute atomic E-state index is 0.0295. The van der Waals surface area contributed by atoms with E-state index in [-0.39, 0.29) is 37.0 Å². The summed E-state index contributed by atoms with van der Waals surface area (Å²) >= 11 is 0. The Labute approximate surface area is 189 Å². The number of sulfone groups is 1. The Hall–Kier alpha value is -2.85. The molecule has 0 aliphatic carbocycles. The minimum Gasteiger partial charge on any atom is -0.361 e. The molecular formula is C23H24F3N3O3S. The highest BCUT2D eigenvalue weighted by atomic mass is 32.2. The normalized spacial score (nSPS) is 17.7. The van der Waals surface area contributed by atoms with E-state index in [9.17, 15) is 26.4 Å². The van der Waals surface area contributed by atoms with E-state index in [1.165, 1.54) is 12.1 Å². The Bertz CT molecular complexity index is 1240. The van der Waals surface area contributed by atoms with Crippen molar-refractivity contribution >= 4 is 26.6 Å². The molecule has 0 bridgehead atoms. The molecule has 1 amide bonds. The van der Waals surface area contributed by atoms with Gasteiger partial charge in [-0.15, -0.1) is 0 Å². The summed E-state index contributed by atoms with van der Waals surface area (Å²) in [7, 11) is -3.13. The Morgan fingerprint density at radius 2 is 1.82 bits per heavy atom. The van der Waals surface area contributed by atoms with Crippen LogP contribution in [0.5, 0.6) is 0 Å². The highest BCUT2D eigenvalue weighted by Gasteiger charge is 2.33. The molecule has 2 N–H and O–H groups in total.